The van der Waals surface area contributed by atoms with Crippen LogP contribution in [0.5, 0.6) is 0 Å². The van der Waals surface area contributed by atoms with Crippen LogP contribution in [-0.4, -0.2) is 5.91 Å². The van der Waals surface area contributed by atoms with E-state index in [1.807, 2.05) is 12.1 Å². The Bertz CT molecular complexity index is 786. The number of carbonyl (C=O) groups is 1. The third-order valence-corrected chi connectivity index (χ3v) is 4.50. The summed E-state index contributed by atoms with van der Waals surface area (Å²) in [5.41, 5.74) is 2.16. The minimum absolute atomic E-state index is 0.0260. The van der Waals surface area contributed by atoms with Crippen molar-refractivity contribution in [1.82, 2.24) is 0 Å². The number of fused-ring (bicyclic) bond motifs is 1. The van der Waals surface area contributed by atoms with E-state index in [4.69, 9.17) is 11.6 Å². The van der Waals surface area contributed by atoms with Crippen molar-refractivity contribution in [3.8, 4) is 0 Å². The third-order valence-electron chi connectivity index (χ3n) is 4.19. The fourth-order valence-electron chi connectivity index (χ4n) is 2.96. The molecule has 0 bridgehead atoms. The van der Waals surface area contributed by atoms with Crippen molar-refractivity contribution in [3.05, 3.63) is 63.7 Å². The zero-order chi connectivity index (χ0) is 17.3. The van der Waals surface area contributed by atoms with E-state index in [9.17, 15) is 18.0 Å². The lowest BCUT2D eigenvalue weighted by Crippen LogP contribution is -2.16. The lowest BCUT2D eigenvalue weighted by Gasteiger charge is -2.20. The molecule has 2 nitrogen and oxygen atoms in total. The summed E-state index contributed by atoms with van der Waals surface area (Å²) in [5.74, 6) is -0.507. The number of nitrogens with one attached hydrogen (secondary N) is 1. The first kappa shape index (κ1) is 16.8. The van der Waals surface area contributed by atoms with Gasteiger partial charge in [-0.3, -0.25) is 4.79 Å². The van der Waals surface area contributed by atoms with Crippen molar-refractivity contribution >= 4 is 23.2 Å². The minimum atomic E-state index is -4.49. The van der Waals surface area contributed by atoms with Gasteiger partial charge in [0.05, 0.1) is 16.1 Å². The third kappa shape index (κ3) is 3.41. The lowest BCUT2D eigenvalue weighted by atomic mass is 9.90. The van der Waals surface area contributed by atoms with Gasteiger partial charge in [0.2, 0.25) is 0 Å². The quantitative estimate of drug-likeness (QED) is 0.760. The number of carbonyl (C=O) groups excluding carboxylic acids is 1. The average molecular weight is 354 g/mol. The molecule has 0 unspecified atom stereocenters. The van der Waals surface area contributed by atoms with Gasteiger partial charge in [-0.2, -0.15) is 13.2 Å². The Kier molecular flexibility index (Phi) is 4.54. The maximum Gasteiger partial charge on any atom is 0.416 e. The molecule has 0 fully saturated rings. The maximum atomic E-state index is 12.7. The van der Waals surface area contributed by atoms with Crippen LogP contribution < -0.4 is 5.32 Å². The summed E-state index contributed by atoms with van der Waals surface area (Å²) in [6, 6.07) is 8.46. The van der Waals surface area contributed by atoms with Crippen LogP contribution in [0.15, 0.2) is 36.4 Å². The van der Waals surface area contributed by atoms with Crippen molar-refractivity contribution in [2.75, 3.05) is 5.32 Å². The summed E-state index contributed by atoms with van der Waals surface area (Å²) in [7, 11) is 0. The number of hydrogen-bond donors (Lipinski definition) is 1. The Labute approximate surface area is 142 Å². The van der Waals surface area contributed by atoms with Crippen LogP contribution >= 0.6 is 11.6 Å². The molecule has 0 aliphatic heterocycles. The first-order chi connectivity index (χ1) is 11.4. The normalized spacial score (nSPS) is 14.2. The number of aryl methyl sites for hydroxylation is 1. The molecule has 6 heteroatoms. The summed E-state index contributed by atoms with van der Waals surface area (Å²) >= 11 is 5.88. The van der Waals surface area contributed by atoms with Gasteiger partial charge in [0, 0.05) is 5.69 Å². The molecule has 0 atom stereocenters. The maximum absolute atomic E-state index is 12.7. The van der Waals surface area contributed by atoms with Gasteiger partial charge in [0.25, 0.3) is 5.91 Å². The van der Waals surface area contributed by atoms with E-state index in [2.05, 4.69) is 5.32 Å². The molecule has 0 heterocycles. The van der Waals surface area contributed by atoms with Crippen LogP contribution in [0.25, 0.3) is 0 Å². The largest absolute Gasteiger partial charge is 0.416 e. The summed E-state index contributed by atoms with van der Waals surface area (Å²) in [6.07, 6.45) is -0.459. The number of anilines is 1. The first-order valence-corrected chi connectivity index (χ1v) is 8.03. The predicted molar refractivity (Wildman–Crippen MR) is 87.5 cm³/mol. The second kappa shape index (κ2) is 6.48. The second-order valence-electron chi connectivity index (χ2n) is 5.80. The lowest BCUT2D eigenvalue weighted by molar-refractivity contribution is -0.137. The van der Waals surface area contributed by atoms with Gasteiger partial charge in [-0.1, -0.05) is 23.7 Å². The van der Waals surface area contributed by atoms with Gasteiger partial charge >= 0.3 is 6.18 Å². The topological polar surface area (TPSA) is 29.1 Å². The van der Waals surface area contributed by atoms with Crippen molar-refractivity contribution in [2.45, 2.75) is 31.9 Å². The number of amides is 1. The molecule has 24 heavy (non-hydrogen) atoms. The smallest absolute Gasteiger partial charge is 0.322 e. The molecule has 0 saturated heterocycles. The molecule has 2 aromatic carbocycles. The average Bonchev–Trinajstić information content (AvgIpc) is 2.54. The van der Waals surface area contributed by atoms with Crippen molar-refractivity contribution in [1.29, 1.82) is 0 Å². The van der Waals surface area contributed by atoms with Gasteiger partial charge in [-0.05, 0) is 61.1 Å². The number of benzene rings is 2. The highest BCUT2D eigenvalue weighted by Crippen LogP contribution is 2.33. The van der Waals surface area contributed by atoms with Crippen LogP contribution in [-0.2, 0) is 19.0 Å². The predicted octanol–water partition coefficient (Wildman–Crippen LogP) is 5.49. The van der Waals surface area contributed by atoms with Gasteiger partial charge < -0.3 is 5.32 Å². The molecule has 0 radical (unpaired) electrons. The van der Waals surface area contributed by atoms with Gasteiger partial charge in [0.1, 0.15) is 0 Å². The zero-order valence-corrected chi connectivity index (χ0v) is 13.5. The van der Waals surface area contributed by atoms with E-state index in [0.29, 0.717) is 5.69 Å². The van der Waals surface area contributed by atoms with E-state index in [1.54, 1.807) is 6.07 Å². The Morgan fingerprint density at radius 2 is 1.83 bits per heavy atom. The molecule has 0 aromatic heterocycles. The fourth-order valence-corrected chi connectivity index (χ4v) is 3.23. The molecule has 2 aromatic rings. The second-order valence-corrected chi connectivity index (χ2v) is 6.20. The molecule has 0 spiro atoms. The van der Waals surface area contributed by atoms with Gasteiger partial charge in [0.15, 0.2) is 0 Å². The van der Waals surface area contributed by atoms with Crippen molar-refractivity contribution in [2.24, 2.45) is 0 Å². The molecule has 1 amide bonds. The zero-order valence-electron chi connectivity index (χ0n) is 12.7. The Hall–Kier alpha value is -2.01. The fraction of sp³-hybridized carbons (Fsp3) is 0.278. The van der Waals surface area contributed by atoms with Crippen LogP contribution in [0.3, 0.4) is 0 Å². The highest BCUT2D eigenvalue weighted by Gasteiger charge is 2.31. The monoisotopic (exact) mass is 353 g/mol. The summed E-state index contributed by atoms with van der Waals surface area (Å²) < 4.78 is 38.0. The number of halogens is 4. The highest BCUT2D eigenvalue weighted by molar-refractivity contribution is 6.34. The molecular weight excluding hydrogens is 339 g/mol. The van der Waals surface area contributed by atoms with Gasteiger partial charge in [-0.25, -0.2) is 0 Å². The Balaban J connectivity index is 1.86. The first-order valence-electron chi connectivity index (χ1n) is 7.65. The summed E-state index contributed by atoms with van der Waals surface area (Å²) in [5, 5.41) is 2.57. The van der Waals surface area contributed by atoms with Crippen molar-refractivity contribution < 1.29 is 18.0 Å². The Morgan fingerprint density at radius 1 is 1.08 bits per heavy atom. The molecule has 1 N–H and O–H groups in total. The van der Waals surface area contributed by atoms with E-state index >= 15 is 0 Å². The van der Waals surface area contributed by atoms with E-state index in [1.165, 1.54) is 5.56 Å². The molecule has 1 aliphatic carbocycles. The number of rotatable bonds is 2. The van der Waals surface area contributed by atoms with Gasteiger partial charge in [-0.15, -0.1) is 0 Å². The Morgan fingerprint density at radius 3 is 2.54 bits per heavy atom. The van der Waals surface area contributed by atoms with Crippen molar-refractivity contribution in [3.63, 3.8) is 0 Å². The van der Waals surface area contributed by atoms with Crippen LogP contribution in [0.4, 0.5) is 18.9 Å². The van der Waals surface area contributed by atoms with E-state index < -0.39 is 17.6 Å². The molecule has 0 saturated carbocycles. The van der Waals surface area contributed by atoms with Crippen LogP contribution in [0, 0.1) is 0 Å². The highest BCUT2D eigenvalue weighted by atomic mass is 35.5. The minimum Gasteiger partial charge on any atom is -0.322 e. The standard InChI is InChI=1S/C18H15ClF3NO/c19-15-10-12(18(20,21)22)8-9-14(15)17(24)23-16-7-3-5-11-4-1-2-6-13(11)16/h3,5,7-10H,1-2,4,6H2,(H,23,24). The summed E-state index contributed by atoms with van der Waals surface area (Å²) in [6.45, 7) is 0. The molecule has 126 valence electrons. The van der Waals surface area contributed by atoms with Crippen LogP contribution in [0.1, 0.15) is 39.9 Å². The SMILES string of the molecule is O=C(Nc1cccc2c1CCCC2)c1ccc(C(F)(F)F)cc1Cl. The summed E-state index contributed by atoms with van der Waals surface area (Å²) in [4.78, 5) is 12.4. The van der Waals surface area contributed by atoms with E-state index in [-0.39, 0.29) is 10.6 Å². The molecule has 3 rings (SSSR count). The number of alkyl halides is 3. The van der Waals surface area contributed by atoms with E-state index in [0.717, 1.165) is 49.4 Å². The molecule has 1 aliphatic rings. The number of hydrogen-bond acceptors (Lipinski definition) is 1. The molecular formula is C18H15ClF3NO. The van der Waals surface area contributed by atoms with Crippen LogP contribution in [0.2, 0.25) is 5.02 Å².